The van der Waals surface area contributed by atoms with Crippen molar-refractivity contribution >= 4 is 17.2 Å². The Bertz CT molecular complexity index is 1310. The van der Waals surface area contributed by atoms with E-state index >= 15 is 0 Å². The Kier molecular flexibility index (Phi) is 5.58. The predicted octanol–water partition coefficient (Wildman–Crippen LogP) is 4.65. The first kappa shape index (κ1) is 21.2. The van der Waals surface area contributed by atoms with Crippen molar-refractivity contribution in [3.05, 3.63) is 89.5 Å². The summed E-state index contributed by atoms with van der Waals surface area (Å²) in [6.07, 6.45) is 2.26. The molecule has 0 atom stereocenters. The molecule has 0 N–H and O–H groups in total. The number of halogens is 1. The first-order valence-corrected chi connectivity index (χ1v) is 11.3. The van der Waals surface area contributed by atoms with Gasteiger partial charge in [-0.25, -0.2) is 9.37 Å². The van der Waals surface area contributed by atoms with Crippen molar-refractivity contribution in [3.8, 4) is 11.3 Å². The van der Waals surface area contributed by atoms with Crippen LogP contribution in [0.4, 0.5) is 10.1 Å². The molecule has 0 saturated carbocycles. The van der Waals surface area contributed by atoms with Crippen LogP contribution < -0.4 is 4.90 Å². The molecule has 0 spiro atoms. The van der Waals surface area contributed by atoms with Crippen LogP contribution in [0.3, 0.4) is 0 Å². The first-order valence-electron chi connectivity index (χ1n) is 11.3. The molecule has 1 fully saturated rings. The number of anilines is 1. The fourth-order valence-electron chi connectivity index (χ4n) is 4.50. The minimum Gasteiger partial charge on any atom is -0.368 e. The molecule has 33 heavy (non-hydrogen) atoms. The smallest absolute Gasteiger partial charge is 0.228 e. The van der Waals surface area contributed by atoms with Crippen LogP contribution in [0, 0.1) is 19.7 Å². The molecule has 1 aliphatic heterocycles. The van der Waals surface area contributed by atoms with Crippen molar-refractivity contribution in [1.29, 1.82) is 0 Å². The van der Waals surface area contributed by atoms with Crippen molar-refractivity contribution < 1.29 is 9.18 Å². The zero-order valence-electron chi connectivity index (χ0n) is 19.0. The van der Waals surface area contributed by atoms with E-state index in [2.05, 4.69) is 17.0 Å². The Morgan fingerprint density at radius 3 is 2.45 bits per heavy atom. The Morgan fingerprint density at radius 2 is 1.73 bits per heavy atom. The second-order valence-corrected chi connectivity index (χ2v) is 8.69. The summed E-state index contributed by atoms with van der Waals surface area (Å²) in [5.74, 6) is -0.154. The van der Waals surface area contributed by atoms with Gasteiger partial charge in [0.1, 0.15) is 11.5 Å². The highest BCUT2D eigenvalue weighted by Gasteiger charge is 2.24. The minimum absolute atomic E-state index is 0.0890. The molecule has 0 radical (unpaired) electrons. The number of benzene rings is 2. The van der Waals surface area contributed by atoms with Crippen LogP contribution in [0.5, 0.6) is 0 Å². The maximum Gasteiger partial charge on any atom is 0.228 e. The van der Waals surface area contributed by atoms with Gasteiger partial charge in [0.2, 0.25) is 5.91 Å². The molecule has 1 amide bonds. The van der Waals surface area contributed by atoms with Crippen LogP contribution in [0.2, 0.25) is 0 Å². The quantitative estimate of drug-likeness (QED) is 0.462. The standard InChI is InChI=1S/C27H27FN4O/c1-19-8-11-25-29-27(21-9-10-23(28)20(2)16-21)24(32(25)18-19)17-26(33)31-14-12-30(13-15-31)22-6-4-3-5-7-22/h3-11,16,18H,12-15,17H2,1-2H3. The summed E-state index contributed by atoms with van der Waals surface area (Å²) >= 11 is 0. The lowest BCUT2D eigenvalue weighted by molar-refractivity contribution is -0.130. The van der Waals surface area contributed by atoms with Crippen LogP contribution in [0.15, 0.2) is 66.9 Å². The van der Waals surface area contributed by atoms with Gasteiger partial charge in [0.25, 0.3) is 0 Å². The summed E-state index contributed by atoms with van der Waals surface area (Å²) in [7, 11) is 0. The molecule has 0 aliphatic carbocycles. The number of carbonyl (C=O) groups is 1. The fraction of sp³-hybridized carbons (Fsp3) is 0.259. The highest BCUT2D eigenvalue weighted by Crippen LogP contribution is 2.28. The molecule has 5 nitrogen and oxygen atoms in total. The van der Waals surface area contributed by atoms with Crippen LogP contribution >= 0.6 is 0 Å². The van der Waals surface area contributed by atoms with Crippen LogP contribution in [0.1, 0.15) is 16.8 Å². The van der Waals surface area contributed by atoms with Crippen LogP contribution in [0.25, 0.3) is 16.9 Å². The number of aromatic nitrogens is 2. The van der Waals surface area contributed by atoms with Gasteiger partial charge in [-0.3, -0.25) is 4.79 Å². The third kappa shape index (κ3) is 4.21. The Labute approximate surface area is 193 Å². The van der Waals surface area contributed by atoms with Crippen molar-refractivity contribution in [2.24, 2.45) is 0 Å². The summed E-state index contributed by atoms with van der Waals surface area (Å²) < 4.78 is 15.9. The van der Waals surface area contributed by atoms with Gasteiger partial charge in [-0.15, -0.1) is 0 Å². The second kappa shape index (κ2) is 8.70. The highest BCUT2D eigenvalue weighted by atomic mass is 19.1. The maximum absolute atomic E-state index is 13.9. The molecule has 0 bridgehead atoms. The number of aryl methyl sites for hydroxylation is 2. The van der Waals surface area contributed by atoms with Gasteiger partial charge >= 0.3 is 0 Å². The van der Waals surface area contributed by atoms with Gasteiger partial charge in [0.05, 0.1) is 17.8 Å². The van der Waals surface area contributed by atoms with E-state index in [9.17, 15) is 9.18 Å². The molecule has 4 aromatic rings. The van der Waals surface area contributed by atoms with Crippen molar-refractivity contribution in [2.75, 3.05) is 31.1 Å². The van der Waals surface area contributed by atoms with Gasteiger partial charge in [-0.1, -0.05) is 24.3 Å². The normalized spacial score (nSPS) is 14.2. The lowest BCUT2D eigenvalue weighted by Gasteiger charge is -2.36. The topological polar surface area (TPSA) is 40.9 Å². The zero-order valence-corrected chi connectivity index (χ0v) is 19.0. The lowest BCUT2D eigenvalue weighted by atomic mass is 10.1. The van der Waals surface area contributed by atoms with Gasteiger partial charge in [0, 0.05) is 43.6 Å². The van der Waals surface area contributed by atoms with Crippen molar-refractivity contribution in [1.82, 2.24) is 14.3 Å². The summed E-state index contributed by atoms with van der Waals surface area (Å²) in [6, 6.07) is 19.3. The zero-order chi connectivity index (χ0) is 22.9. The maximum atomic E-state index is 13.9. The van der Waals surface area contributed by atoms with E-state index < -0.39 is 0 Å². The fourth-order valence-corrected chi connectivity index (χ4v) is 4.50. The summed E-state index contributed by atoms with van der Waals surface area (Å²) in [5, 5.41) is 0. The van der Waals surface area contributed by atoms with Gasteiger partial charge < -0.3 is 14.2 Å². The van der Waals surface area contributed by atoms with Crippen molar-refractivity contribution in [2.45, 2.75) is 20.3 Å². The average Bonchev–Trinajstić information content (AvgIpc) is 3.19. The molecular formula is C27H27FN4O. The van der Waals surface area contributed by atoms with Crippen molar-refractivity contribution in [3.63, 3.8) is 0 Å². The molecule has 0 unspecified atom stereocenters. The monoisotopic (exact) mass is 442 g/mol. The summed E-state index contributed by atoms with van der Waals surface area (Å²) in [5.41, 5.74) is 6.04. The number of amides is 1. The van der Waals surface area contributed by atoms with E-state index in [4.69, 9.17) is 4.98 Å². The highest BCUT2D eigenvalue weighted by molar-refractivity contribution is 5.82. The third-order valence-electron chi connectivity index (χ3n) is 6.37. The molecule has 2 aromatic heterocycles. The molecule has 168 valence electrons. The molecule has 2 aromatic carbocycles. The largest absolute Gasteiger partial charge is 0.368 e. The molecule has 6 heteroatoms. The van der Waals surface area contributed by atoms with E-state index in [1.54, 1.807) is 19.1 Å². The SMILES string of the molecule is Cc1ccc2nc(-c3ccc(F)c(C)c3)c(CC(=O)N3CCN(c4ccccc4)CC3)n2c1. The van der Waals surface area contributed by atoms with Gasteiger partial charge in [-0.05, 0) is 61.4 Å². The van der Waals surface area contributed by atoms with Crippen LogP contribution in [-0.4, -0.2) is 46.4 Å². The number of hydrogen-bond donors (Lipinski definition) is 0. The molecule has 5 rings (SSSR count). The number of para-hydroxylation sites is 1. The first-order chi connectivity index (χ1) is 16.0. The summed E-state index contributed by atoms with van der Waals surface area (Å²) in [6.45, 7) is 6.77. The van der Waals surface area contributed by atoms with E-state index in [1.165, 1.54) is 11.8 Å². The molecule has 3 heterocycles. The number of hydrogen-bond acceptors (Lipinski definition) is 3. The number of fused-ring (bicyclic) bond motifs is 1. The van der Waals surface area contributed by atoms with E-state index in [1.807, 2.05) is 52.8 Å². The minimum atomic E-state index is -0.243. The number of nitrogens with zero attached hydrogens (tertiary/aromatic N) is 4. The van der Waals surface area contributed by atoms with E-state index in [-0.39, 0.29) is 18.1 Å². The predicted molar refractivity (Wildman–Crippen MR) is 129 cm³/mol. The average molecular weight is 443 g/mol. The number of carbonyl (C=O) groups excluding carboxylic acids is 1. The number of piperazine rings is 1. The Morgan fingerprint density at radius 1 is 0.970 bits per heavy atom. The third-order valence-corrected chi connectivity index (χ3v) is 6.37. The van der Waals surface area contributed by atoms with Gasteiger partial charge in [-0.2, -0.15) is 0 Å². The van der Waals surface area contributed by atoms with E-state index in [0.717, 1.165) is 41.3 Å². The number of pyridine rings is 1. The van der Waals surface area contributed by atoms with Crippen LogP contribution in [-0.2, 0) is 11.2 Å². The lowest BCUT2D eigenvalue weighted by Crippen LogP contribution is -2.49. The Hall–Kier alpha value is -3.67. The number of imidazole rings is 1. The van der Waals surface area contributed by atoms with E-state index in [0.29, 0.717) is 18.7 Å². The summed E-state index contributed by atoms with van der Waals surface area (Å²) in [4.78, 5) is 22.4. The number of rotatable bonds is 4. The molecular weight excluding hydrogens is 415 g/mol. The molecule has 1 saturated heterocycles. The second-order valence-electron chi connectivity index (χ2n) is 8.69. The Balaban J connectivity index is 1.41. The van der Waals surface area contributed by atoms with Gasteiger partial charge in [0.15, 0.2) is 0 Å². The molecule has 1 aliphatic rings.